The Morgan fingerprint density at radius 2 is 1.00 bits per heavy atom. The van der Waals surface area contributed by atoms with E-state index in [1.807, 2.05) is 0 Å². The van der Waals surface area contributed by atoms with Gasteiger partial charge in [0.25, 0.3) is 0 Å². The Labute approximate surface area is 134 Å². The van der Waals surface area contributed by atoms with Crippen molar-refractivity contribution in [2.75, 3.05) is 0 Å². The summed E-state index contributed by atoms with van der Waals surface area (Å²) in [5, 5.41) is 9.93. The van der Waals surface area contributed by atoms with Crippen molar-refractivity contribution in [2.45, 2.75) is 75.0 Å². The Morgan fingerprint density at radius 3 is 1.33 bits per heavy atom. The van der Waals surface area contributed by atoms with Gasteiger partial charge in [0.2, 0.25) is 0 Å². The molecule has 0 heterocycles. The zero-order valence-corrected chi connectivity index (χ0v) is 13.9. The molecule has 2 fully saturated rings. The summed E-state index contributed by atoms with van der Waals surface area (Å²) >= 11 is 4.01. The van der Waals surface area contributed by atoms with Crippen LogP contribution in [0.2, 0.25) is 0 Å². The molecule has 1 aromatic carbocycles. The second-order valence-electron chi connectivity index (χ2n) is 7.55. The summed E-state index contributed by atoms with van der Waals surface area (Å²) in [7, 11) is 0. The molecule has 0 N–H and O–H groups in total. The van der Waals surface area contributed by atoms with E-state index in [-0.39, 0.29) is 0 Å². The average molecular weight is 342 g/mol. The van der Waals surface area contributed by atoms with Crippen LogP contribution in [0.25, 0.3) is 0 Å². The number of nitrogens with zero attached hydrogens (tertiary/aromatic N) is 1. The van der Waals surface area contributed by atoms with Gasteiger partial charge in [0.15, 0.2) is 0 Å². The summed E-state index contributed by atoms with van der Waals surface area (Å²) < 4.78 is 1.43. The number of halogens is 1. The van der Waals surface area contributed by atoms with Crippen molar-refractivity contribution < 1.29 is 0 Å². The first-order valence-corrected chi connectivity index (χ1v) is 9.38. The third-order valence-corrected chi connectivity index (χ3v) is 7.65. The fraction of sp³-hybridized carbons (Fsp3) is 0.632. The zero-order chi connectivity index (χ0) is 14.1. The molecular formula is C19H20BrN. The molecule has 2 saturated carbocycles. The van der Waals surface area contributed by atoms with Gasteiger partial charge in [-0.05, 0) is 97.3 Å². The van der Waals surface area contributed by atoms with Gasteiger partial charge in [-0.15, -0.1) is 0 Å². The zero-order valence-electron chi connectivity index (χ0n) is 12.3. The van der Waals surface area contributed by atoms with E-state index >= 15 is 0 Å². The average Bonchev–Trinajstić information content (AvgIpc) is 2.57. The van der Waals surface area contributed by atoms with E-state index in [9.17, 15) is 5.26 Å². The topological polar surface area (TPSA) is 23.8 Å². The first-order chi connectivity index (χ1) is 10.3. The SMILES string of the molecule is N#Cc1c2c(c(Br)c3c1C1CCC3CC1)C1CCC2CC1. The van der Waals surface area contributed by atoms with Crippen LogP contribution in [0.4, 0.5) is 0 Å². The lowest BCUT2D eigenvalue weighted by atomic mass is 9.59. The Kier molecular flexibility index (Phi) is 2.63. The smallest absolute Gasteiger partial charge is 0.0997 e. The molecule has 4 bridgehead atoms. The second kappa shape index (κ2) is 4.35. The molecule has 1 nitrogen and oxygen atoms in total. The Balaban J connectivity index is 1.88. The van der Waals surface area contributed by atoms with E-state index < -0.39 is 0 Å². The van der Waals surface area contributed by atoms with E-state index in [2.05, 4.69) is 22.0 Å². The standard InChI is InChI=1S/C19H20BrN/c20-19-17-12-5-1-10(2-6-12)15(17)14(9-21)16-11-3-7-13(8-4-11)18(16)19/h10-13H,1-8H2. The maximum Gasteiger partial charge on any atom is 0.0997 e. The fourth-order valence-electron chi connectivity index (χ4n) is 5.90. The molecular weight excluding hydrogens is 322 g/mol. The van der Waals surface area contributed by atoms with Gasteiger partial charge in [-0.1, -0.05) is 15.9 Å². The summed E-state index contributed by atoms with van der Waals surface area (Å²) in [5.74, 6) is 2.78. The number of rotatable bonds is 0. The van der Waals surface area contributed by atoms with Gasteiger partial charge in [0.1, 0.15) is 0 Å². The highest BCUT2D eigenvalue weighted by Crippen LogP contribution is 2.60. The van der Waals surface area contributed by atoms with Crippen LogP contribution in [0, 0.1) is 11.3 Å². The number of hydrogen-bond donors (Lipinski definition) is 0. The Hall–Kier alpha value is -0.810. The molecule has 7 rings (SSSR count). The number of benzene rings is 1. The van der Waals surface area contributed by atoms with Gasteiger partial charge < -0.3 is 0 Å². The molecule has 0 atom stereocenters. The summed E-state index contributed by atoms with van der Waals surface area (Å²) in [6.45, 7) is 0. The molecule has 108 valence electrons. The van der Waals surface area contributed by atoms with Crippen LogP contribution in [-0.2, 0) is 0 Å². The fourth-order valence-corrected chi connectivity index (χ4v) is 6.98. The predicted octanol–water partition coefficient (Wildman–Crippen LogP) is 5.83. The van der Waals surface area contributed by atoms with Crippen LogP contribution >= 0.6 is 15.9 Å². The number of fused-ring (bicyclic) bond motifs is 4. The van der Waals surface area contributed by atoms with E-state index in [0.29, 0.717) is 11.8 Å². The molecule has 0 spiro atoms. The lowest BCUT2D eigenvalue weighted by Gasteiger charge is -2.45. The maximum absolute atomic E-state index is 9.93. The highest BCUT2D eigenvalue weighted by molar-refractivity contribution is 9.10. The Bertz CT molecular complexity index is 619. The van der Waals surface area contributed by atoms with Gasteiger partial charge in [-0.25, -0.2) is 0 Å². The van der Waals surface area contributed by atoms with Crippen molar-refractivity contribution in [3.05, 3.63) is 32.3 Å². The summed E-state index contributed by atoms with van der Waals surface area (Å²) in [4.78, 5) is 0. The van der Waals surface area contributed by atoms with Crippen molar-refractivity contribution in [3.63, 3.8) is 0 Å². The monoisotopic (exact) mass is 341 g/mol. The molecule has 0 amide bonds. The van der Waals surface area contributed by atoms with Crippen molar-refractivity contribution in [1.82, 2.24) is 0 Å². The van der Waals surface area contributed by atoms with Crippen LogP contribution in [-0.4, -0.2) is 0 Å². The number of nitriles is 1. The summed E-state index contributed by atoms with van der Waals surface area (Å²) in [6, 6.07) is 2.66. The predicted molar refractivity (Wildman–Crippen MR) is 86.8 cm³/mol. The van der Waals surface area contributed by atoms with Gasteiger partial charge in [-0.2, -0.15) is 5.26 Å². The largest absolute Gasteiger partial charge is 0.192 e. The normalized spacial score (nSPS) is 35.2. The van der Waals surface area contributed by atoms with Crippen LogP contribution < -0.4 is 0 Å². The van der Waals surface area contributed by atoms with E-state index in [0.717, 1.165) is 17.4 Å². The van der Waals surface area contributed by atoms with Crippen LogP contribution in [0.3, 0.4) is 0 Å². The molecule has 6 aliphatic carbocycles. The van der Waals surface area contributed by atoms with Gasteiger partial charge in [0, 0.05) is 4.47 Å². The summed E-state index contributed by atoms with van der Waals surface area (Å²) in [6.07, 6.45) is 10.6. The van der Waals surface area contributed by atoms with Gasteiger partial charge in [0.05, 0.1) is 11.6 Å². The van der Waals surface area contributed by atoms with E-state index in [4.69, 9.17) is 0 Å². The Morgan fingerprint density at radius 1 is 0.667 bits per heavy atom. The minimum absolute atomic E-state index is 0.668. The molecule has 21 heavy (non-hydrogen) atoms. The molecule has 0 aliphatic heterocycles. The molecule has 2 heteroatoms. The minimum atomic E-state index is 0.668. The molecule has 0 saturated heterocycles. The lowest BCUT2D eigenvalue weighted by molar-refractivity contribution is 0.337. The quantitative estimate of drug-likeness (QED) is 0.582. The van der Waals surface area contributed by atoms with Crippen LogP contribution in [0.1, 0.15) is 103 Å². The van der Waals surface area contributed by atoms with E-state index in [1.54, 1.807) is 11.1 Å². The molecule has 0 unspecified atom stereocenters. The minimum Gasteiger partial charge on any atom is -0.192 e. The third kappa shape index (κ3) is 1.51. The van der Waals surface area contributed by atoms with Crippen LogP contribution in [0.5, 0.6) is 0 Å². The molecule has 6 aliphatic rings. The third-order valence-electron chi connectivity index (χ3n) is 6.79. The van der Waals surface area contributed by atoms with Crippen molar-refractivity contribution >= 4 is 15.9 Å². The number of hydrogen-bond acceptors (Lipinski definition) is 1. The van der Waals surface area contributed by atoms with Crippen molar-refractivity contribution in [1.29, 1.82) is 5.26 Å². The van der Waals surface area contributed by atoms with Crippen molar-refractivity contribution in [3.8, 4) is 6.07 Å². The van der Waals surface area contributed by atoms with Gasteiger partial charge in [-0.3, -0.25) is 0 Å². The van der Waals surface area contributed by atoms with E-state index in [1.165, 1.54) is 67.0 Å². The summed E-state index contributed by atoms with van der Waals surface area (Å²) in [5.41, 5.74) is 7.17. The second-order valence-corrected chi connectivity index (χ2v) is 8.35. The maximum atomic E-state index is 9.93. The molecule has 0 aromatic heterocycles. The van der Waals surface area contributed by atoms with Gasteiger partial charge >= 0.3 is 0 Å². The van der Waals surface area contributed by atoms with Crippen molar-refractivity contribution in [2.24, 2.45) is 0 Å². The van der Waals surface area contributed by atoms with Crippen LogP contribution in [0.15, 0.2) is 4.47 Å². The molecule has 0 radical (unpaired) electrons. The first kappa shape index (κ1) is 12.7. The lowest BCUT2D eigenvalue weighted by Crippen LogP contribution is -2.30. The highest BCUT2D eigenvalue weighted by atomic mass is 79.9. The molecule has 1 aromatic rings. The first-order valence-electron chi connectivity index (χ1n) is 8.58. The highest BCUT2D eigenvalue weighted by Gasteiger charge is 2.43.